The van der Waals surface area contributed by atoms with E-state index in [0.717, 1.165) is 5.69 Å². The van der Waals surface area contributed by atoms with E-state index in [1.165, 1.54) is 24.3 Å². The van der Waals surface area contributed by atoms with E-state index < -0.39 is 11.7 Å². The van der Waals surface area contributed by atoms with Crippen molar-refractivity contribution in [2.45, 2.75) is 6.92 Å². The van der Waals surface area contributed by atoms with Crippen LogP contribution in [0.15, 0.2) is 54.6 Å². The molecule has 3 rings (SSSR count). The molecule has 25 heavy (non-hydrogen) atoms. The normalized spacial score (nSPS) is 10.4. The lowest BCUT2D eigenvalue weighted by atomic mass is 10.2. The molecule has 1 amide bonds. The van der Waals surface area contributed by atoms with Gasteiger partial charge in [-0.05, 0) is 43.3 Å². The molecule has 0 atom stereocenters. The SMILES string of the molecule is Cc1nc(Nc2cccc(Cl)c2)cc(C(=O)Nc2cccc(F)c2)n1. The molecule has 0 fully saturated rings. The minimum absolute atomic E-state index is 0.168. The van der Waals surface area contributed by atoms with Crippen LogP contribution in [0.1, 0.15) is 16.3 Å². The molecule has 0 aliphatic rings. The van der Waals surface area contributed by atoms with Gasteiger partial charge in [0.1, 0.15) is 23.2 Å². The number of benzene rings is 2. The number of carbonyl (C=O) groups is 1. The molecule has 1 heterocycles. The van der Waals surface area contributed by atoms with Crippen molar-refractivity contribution in [3.8, 4) is 0 Å². The maximum atomic E-state index is 13.2. The van der Waals surface area contributed by atoms with Crippen LogP contribution < -0.4 is 10.6 Å². The van der Waals surface area contributed by atoms with Gasteiger partial charge in [-0.1, -0.05) is 23.7 Å². The molecule has 0 saturated heterocycles. The zero-order chi connectivity index (χ0) is 17.8. The Morgan fingerprint density at radius 2 is 1.80 bits per heavy atom. The number of amides is 1. The maximum Gasteiger partial charge on any atom is 0.274 e. The fourth-order valence-corrected chi connectivity index (χ4v) is 2.41. The molecular weight excluding hydrogens is 343 g/mol. The van der Waals surface area contributed by atoms with Gasteiger partial charge >= 0.3 is 0 Å². The summed E-state index contributed by atoms with van der Waals surface area (Å²) in [6.45, 7) is 1.68. The Morgan fingerprint density at radius 3 is 2.56 bits per heavy atom. The zero-order valence-electron chi connectivity index (χ0n) is 13.3. The fraction of sp³-hybridized carbons (Fsp3) is 0.0556. The highest BCUT2D eigenvalue weighted by Gasteiger charge is 2.11. The van der Waals surface area contributed by atoms with Gasteiger partial charge in [-0.25, -0.2) is 14.4 Å². The third kappa shape index (κ3) is 4.51. The molecule has 7 heteroatoms. The molecular formula is C18H14ClFN4O. The molecule has 3 aromatic rings. The van der Waals surface area contributed by atoms with E-state index in [2.05, 4.69) is 20.6 Å². The summed E-state index contributed by atoms with van der Waals surface area (Å²) in [6.07, 6.45) is 0. The van der Waals surface area contributed by atoms with Gasteiger partial charge in [-0.15, -0.1) is 0 Å². The third-order valence-corrected chi connectivity index (χ3v) is 3.49. The highest BCUT2D eigenvalue weighted by molar-refractivity contribution is 6.30. The minimum Gasteiger partial charge on any atom is -0.340 e. The van der Waals surface area contributed by atoms with Gasteiger partial charge in [0.2, 0.25) is 0 Å². The Hall–Kier alpha value is -2.99. The van der Waals surface area contributed by atoms with Crippen LogP contribution in [-0.4, -0.2) is 15.9 Å². The predicted molar refractivity (Wildman–Crippen MR) is 95.9 cm³/mol. The Morgan fingerprint density at radius 1 is 1.04 bits per heavy atom. The topological polar surface area (TPSA) is 66.9 Å². The summed E-state index contributed by atoms with van der Waals surface area (Å²) in [5, 5.41) is 6.27. The van der Waals surface area contributed by atoms with Crippen molar-refractivity contribution >= 4 is 34.7 Å². The van der Waals surface area contributed by atoms with Gasteiger partial charge in [-0.3, -0.25) is 4.79 Å². The monoisotopic (exact) mass is 356 g/mol. The zero-order valence-corrected chi connectivity index (χ0v) is 14.0. The first-order chi connectivity index (χ1) is 12.0. The van der Waals surface area contributed by atoms with E-state index in [-0.39, 0.29) is 5.69 Å². The quantitative estimate of drug-likeness (QED) is 0.718. The lowest BCUT2D eigenvalue weighted by Gasteiger charge is -2.09. The van der Waals surface area contributed by atoms with Crippen molar-refractivity contribution in [1.29, 1.82) is 0 Å². The van der Waals surface area contributed by atoms with Gasteiger partial charge in [0.15, 0.2) is 0 Å². The standard InChI is InChI=1S/C18H14ClFN4O/c1-11-21-16(18(25)24-15-7-3-5-13(20)9-15)10-17(22-11)23-14-6-2-4-12(19)8-14/h2-10H,1H3,(H,24,25)(H,21,22,23). The first kappa shape index (κ1) is 16.9. The van der Waals surface area contributed by atoms with E-state index >= 15 is 0 Å². The molecule has 0 spiro atoms. The number of nitrogens with one attached hydrogen (secondary N) is 2. The summed E-state index contributed by atoms with van der Waals surface area (Å²) < 4.78 is 13.2. The highest BCUT2D eigenvalue weighted by atomic mass is 35.5. The first-order valence-electron chi connectivity index (χ1n) is 7.45. The number of aromatic nitrogens is 2. The summed E-state index contributed by atoms with van der Waals surface area (Å²) in [5.41, 5.74) is 1.26. The van der Waals surface area contributed by atoms with Crippen LogP contribution in [0.2, 0.25) is 5.02 Å². The van der Waals surface area contributed by atoms with E-state index in [4.69, 9.17) is 11.6 Å². The molecule has 2 aromatic carbocycles. The van der Waals surface area contributed by atoms with Gasteiger partial charge in [0, 0.05) is 22.5 Å². The van der Waals surface area contributed by atoms with Gasteiger partial charge < -0.3 is 10.6 Å². The summed E-state index contributed by atoms with van der Waals surface area (Å²) >= 11 is 5.96. The number of halogens is 2. The summed E-state index contributed by atoms with van der Waals surface area (Å²) in [5.74, 6) is 0.000744. The molecule has 0 bridgehead atoms. The lowest BCUT2D eigenvalue weighted by Crippen LogP contribution is -2.15. The van der Waals surface area contributed by atoms with Crippen LogP contribution >= 0.6 is 11.6 Å². The maximum absolute atomic E-state index is 13.2. The number of anilines is 3. The number of carbonyl (C=O) groups excluding carboxylic acids is 1. The highest BCUT2D eigenvalue weighted by Crippen LogP contribution is 2.20. The Bertz CT molecular complexity index is 932. The van der Waals surface area contributed by atoms with E-state index in [1.807, 2.05) is 6.07 Å². The van der Waals surface area contributed by atoms with Crippen molar-refractivity contribution in [1.82, 2.24) is 9.97 Å². The van der Waals surface area contributed by atoms with E-state index in [1.54, 1.807) is 31.2 Å². The second-order valence-electron chi connectivity index (χ2n) is 5.29. The molecule has 0 radical (unpaired) electrons. The first-order valence-corrected chi connectivity index (χ1v) is 7.82. The molecule has 0 saturated carbocycles. The second-order valence-corrected chi connectivity index (χ2v) is 5.72. The molecule has 2 N–H and O–H groups in total. The van der Waals surface area contributed by atoms with Crippen molar-refractivity contribution in [3.63, 3.8) is 0 Å². The lowest BCUT2D eigenvalue weighted by molar-refractivity contribution is 0.102. The van der Waals surface area contributed by atoms with Crippen LogP contribution in [0.4, 0.5) is 21.6 Å². The van der Waals surface area contributed by atoms with Crippen LogP contribution in [0, 0.1) is 12.7 Å². The number of hydrogen-bond acceptors (Lipinski definition) is 4. The van der Waals surface area contributed by atoms with Crippen LogP contribution in [0.25, 0.3) is 0 Å². The molecule has 0 aliphatic carbocycles. The molecule has 1 aromatic heterocycles. The smallest absolute Gasteiger partial charge is 0.274 e. The van der Waals surface area contributed by atoms with E-state index in [0.29, 0.717) is 22.4 Å². The van der Waals surface area contributed by atoms with Crippen LogP contribution in [-0.2, 0) is 0 Å². The number of nitrogens with zero attached hydrogens (tertiary/aromatic N) is 2. The largest absolute Gasteiger partial charge is 0.340 e. The second kappa shape index (κ2) is 7.27. The predicted octanol–water partition coefficient (Wildman–Crippen LogP) is 4.57. The van der Waals surface area contributed by atoms with Gasteiger partial charge in [-0.2, -0.15) is 0 Å². The molecule has 0 unspecified atom stereocenters. The van der Waals surface area contributed by atoms with Crippen molar-refractivity contribution in [3.05, 3.63) is 77.0 Å². The number of aryl methyl sites for hydroxylation is 1. The van der Waals surface area contributed by atoms with Gasteiger partial charge in [0.05, 0.1) is 0 Å². The Labute approximate surface area is 148 Å². The average Bonchev–Trinajstić information content (AvgIpc) is 2.54. The number of rotatable bonds is 4. The summed E-state index contributed by atoms with van der Waals surface area (Å²) in [6, 6.07) is 14.3. The Balaban J connectivity index is 1.82. The Kier molecular flexibility index (Phi) is 4.90. The molecule has 126 valence electrons. The van der Waals surface area contributed by atoms with Crippen LogP contribution in [0.3, 0.4) is 0 Å². The summed E-state index contributed by atoms with van der Waals surface area (Å²) in [4.78, 5) is 20.7. The van der Waals surface area contributed by atoms with Gasteiger partial charge in [0.25, 0.3) is 5.91 Å². The minimum atomic E-state index is -0.453. The van der Waals surface area contributed by atoms with E-state index in [9.17, 15) is 9.18 Å². The van der Waals surface area contributed by atoms with Crippen molar-refractivity contribution in [2.75, 3.05) is 10.6 Å². The van der Waals surface area contributed by atoms with Crippen molar-refractivity contribution in [2.24, 2.45) is 0 Å². The third-order valence-electron chi connectivity index (χ3n) is 3.25. The molecule has 5 nitrogen and oxygen atoms in total. The van der Waals surface area contributed by atoms with Crippen LogP contribution in [0.5, 0.6) is 0 Å². The summed E-state index contributed by atoms with van der Waals surface area (Å²) in [7, 11) is 0. The van der Waals surface area contributed by atoms with Crippen molar-refractivity contribution < 1.29 is 9.18 Å². The molecule has 0 aliphatic heterocycles. The fourth-order valence-electron chi connectivity index (χ4n) is 2.22. The average molecular weight is 357 g/mol. The number of hydrogen-bond donors (Lipinski definition) is 2.